The smallest absolute Gasteiger partial charge is 0.237 e. The largest absolute Gasteiger partial charge is 0.395 e. The van der Waals surface area contributed by atoms with Crippen LogP contribution in [0.1, 0.15) is 31.7 Å². The number of nitrogens with one attached hydrogen (secondary N) is 1. The van der Waals surface area contributed by atoms with Crippen molar-refractivity contribution in [1.82, 2.24) is 29.4 Å². The molecule has 6 rings (SSSR count). The summed E-state index contributed by atoms with van der Waals surface area (Å²) in [6.45, 7) is 4.60. The van der Waals surface area contributed by atoms with Crippen LogP contribution in [0, 0.1) is 5.95 Å². The van der Waals surface area contributed by atoms with Crippen molar-refractivity contribution in [2.75, 3.05) is 49.5 Å². The second-order valence-electron chi connectivity index (χ2n) is 9.32. The summed E-state index contributed by atoms with van der Waals surface area (Å²) in [7, 11) is 0. The van der Waals surface area contributed by atoms with E-state index < -0.39 is 5.95 Å². The molecule has 0 unspecified atom stereocenters. The molecule has 0 spiro atoms. The number of halogens is 1. The van der Waals surface area contributed by atoms with Crippen molar-refractivity contribution in [3.63, 3.8) is 0 Å². The van der Waals surface area contributed by atoms with Crippen molar-refractivity contribution in [3.05, 3.63) is 42.7 Å². The van der Waals surface area contributed by atoms with Gasteiger partial charge in [0.1, 0.15) is 17.0 Å². The molecule has 0 aromatic carbocycles. The van der Waals surface area contributed by atoms with Crippen LogP contribution in [0.5, 0.6) is 0 Å². The van der Waals surface area contributed by atoms with Crippen molar-refractivity contribution in [1.29, 1.82) is 0 Å². The van der Waals surface area contributed by atoms with E-state index >= 15 is 0 Å². The molecule has 9 nitrogen and oxygen atoms in total. The maximum Gasteiger partial charge on any atom is 0.237 e. The van der Waals surface area contributed by atoms with Crippen molar-refractivity contribution in [2.45, 2.75) is 31.7 Å². The van der Waals surface area contributed by atoms with E-state index in [2.05, 4.69) is 30.1 Å². The Labute approximate surface area is 202 Å². The van der Waals surface area contributed by atoms with Crippen molar-refractivity contribution in [2.24, 2.45) is 0 Å². The molecule has 2 aliphatic rings. The maximum atomic E-state index is 14.8. The molecule has 1 saturated heterocycles. The first kappa shape index (κ1) is 22.1. The summed E-state index contributed by atoms with van der Waals surface area (Å²) in [5.41, 5.74) is 2.32. The second-order valence-corrected chi connectivity index (χ2v) is 9.32. The molecule has 5 heterocycles. The molecular weight excluding hydrogens is 447 g/mol. The van der Waals surface area contributed by atoms with Crippen molar-refractivity contribution >= 4 is 39.4 Å². The van der Waals surface area contributed by atoms with E-state index in [0.717, 1.165) is 80.5 Å². The molecule has 1 saturated carbocycles. The zero-order valence-electron chi connectivity index (χ0n) is 19.6. The van der Waals surface area contributed by atoms with Crippen LogP contribution in [0.3, 0.4) is 0 Å². The first-order valence-electron chi connectivity index (χ1n) is 12.3. The molecule has 1 aliphatic carbocycles. The van der Waals surface area contributed by atoms with Crippen LogP contribution in [-0.2, 0) is 0 Å². The molecule has 0 atom stereocenters. The Kier molecular flexibility index (Phi) is 5.91. The topological polar surface area (TPSA) is 95.2 Å². The number of hydrogen-bond donors (Lipinski definition) is 2. The Bertz CT molecular complexity index is 1330. The number of piperazine rings is 1. The predicted octanol–water partition coefficient (Wildman–Crippen LogP) is 3.49. The first-order chi connectivity index (χ1) is 17.2. The van der Waals surface area contributed by atoms with E-state index in [9.17, 15) is 4.39 Å². The van der Waals surface area contributed by atoms with Gasteiger partial charge in [-0.1, -0.05) is 12.8 Å². The summed E-state index contributed by atoms with van der Waals surface area (Å²) in [5, 5.41) is 14.0. The molecule has 0 bridgehead atoms. The lowest BCUT2D eigenvalue weighted by atomic mass is 10.2. The highest BCUT2D eigenvalue weighted by Gasteiger charge is 2.25. The Morgan fingerprint density at radius 2 is 1.80 bits per heavy atom. The fourth-order valence-electron chi connectivity index (χ4n) is 5.44. The summed E-state index contributed by atoms with van der Waals surface area (Å²) in [6, 6.07) is 6.03. The van der Waals surface area contributed by atoms with Crippen LogP contribution in [0.4, 0.5) is 21.8 Å². The van der Waals surface area contributed by atoms with Gasteiger partial charge >= 0.3 is 0 Å². The van der Waals surface area contributed by atoms with Gasteiger partial charge in [0, 0.05) is 61.9 Å². The number of anilines is 3. The minimum atomic E-state index is -0.462. The monoisotopic (exact) mass is 476 g/mol. The van der Waals surface area contributed by atoms with Gasteiger partial charge in [-0.3, -0.25) is 4.90 Å². The van der Waals surface area contributed by atoms with Crippen LogP contribution < -0.4 is 10.2 Å². The van der Waals surface area contributed by atoms with Gasteiger partial charge in [-0.05, 0) is 31.0 Å². The minimum absolute atomic E-state index is 0.197. The zero-order chi connectivity index (χ0) is 23.8. The number of hydrogen-bond acceptors (Lipinski definition) is 8. The molecule has 2 N–H and O–H groups in total. The summed E-state index contributed by atoms with van der Waals surface area (Å²) < 4.78 is 16.8. The van der Waals surface area contributed by atoms with E-state index in [1.54, 1.807) is 6.20 Å². The molecule has 0 amide bonds. The Morgan fingerprint density at radius 1 is 0.971 bits per heavy atom. The fraction of sp³-hybridized carbons (Fsp3) is 0.440. The van der Waals surface area contributed by atoms with E-state index in [4.69, 9.17) is 10.1 Å². The summed E-state index contributed by atoms with van der Waals surface area (Å²) in [5.74, 6) is 0.630. The van der Waals surface area contributed by atoms with Crippen LogP contribution in [0.25, 0.3) is 21.9 Å². The van der Waals surface area contributed by atoms with Gasteiger partial charge in [0.25, 0.3) is 0 Å². The second kappa shape index (κ2) is 9.35. The lowest BCUT2D eigenvalue weighted by Crippen LogP contribution is -2.47. The quantitative estimate of drug-likeness (QED) is 0.409. The molecule has 1 aliphatic heterocycles. The molecule has 2 fully saturated rings. The van der Waals surface area contributed by atoms with Gasteiger partial charge in [0.15, 0.2) is 0 Å². The molecule has 4 aromatic rings. The molecule has 0 radical (unpaired) electrons. The SMILES string of the molecule is OCCN1CCN(c2ccc(Nc3ncc4c5ccnc(F)c5n(C5CCCC5)c4n3)nc2)CC1. The van der Waals surface area contributed by atoms with E-state index in [-0.39, 0.29) is 12.6 Å². The number of β-amino-alcohol motifs (C(OH)–C–C–N with tert-alkyl or cyclic N) is 1. The van der Waals surface area contributed by atoms with Gasteiger partial charge in [0.2, 0.25) is 11.9 Å². The van der Waals surface area contributed by atoms with Crippen LogP contribution in [0.15, 0.2) is 36.8 Å². The van der Waals surface area contributed by atoms with Gasteiger partial charge in [0.05, 0.1) is 18.5 Å². The maximum absolute atomic E-state index is 14.8. The van der Waals surface area contributed by atoms with Crippen molar-refractivity contribution in [3.8, 4) is 0 Å². The number of fused-ring (bicyclic) bond motifs is 3. The number of nitrogens with zero attached hydrogens (tertiary/aromatic N) is 7. The zero-order valence-corrected chi connectivity index (χ0v) is 19.6. The van der Waals surface area contributed by atoms with Gasteiger partial charge < -0.3 is 19.9 Å². The Hall–Kier alpha value is -3.37. The number of aliphatic hydroxyl groups is 1. The van der Waals surface area contributed by atoms with Gasteiger partial charge in [-0.25, -0.2) is 15.0 Å². The molecule has 10 heteroatoms. The molecule has 4 aromatic heterocycles. The number of aliphatic hydroxyl groups excluding tert-OH is 1. The van der Waals surface area contributed by atoms with Crippen LogP contribution in [-0.4, -0.2) is 73.8 Å². The average molecular weight is 477 g/mol. The van der Waals surface area contributed by atoms with Gasteiger partial charge in [-0.2, -0.15) is 9.37 Å². The molecular formula is C25H29FN8O. The highest BCUT2D eigenvalue weighted by molar-refractivity contribution is 6.06. The predicted molar refractivity (Wildman–Crippen MR) is 134 cm³/mol. The highest BCUT2D eigenvalue weighted by Crippen LogP contribution is 2.38. The molecule has 35 heavy (non-hydrogen) atoms. The van der Waals surface area contributed by atoms with E-state index in [0.29, 0.717) is 17.3 Å². The summed E-state index contributed by atoms with van der Waals surface area (Å²) >= 11 is 0. The van der Waals surface area contributed by atoms with Crippen molar-refractivity contribution < 1.29 is 9.50 Å². The standard InChI is InChI=1S/C25H29FN8O/c26-23-22-19(7-8-27-23)20-16-29-25(31-24(20)34(22)17-3-1-2-4-17)30-21-6-5-18(15-28-21)33-11-9-32(10-12-33)13-14-35/h5-8,15-17,35H,1-4,9-14H2,(H,28,29,30,31). The summed E-state index contributed by atoms with van der Waals surface area (Å²) in [6.07, 6.45) is 9.42. The van der Waals surface area contributed by atoms with Crippen LogP contribution >= 0.6 is 0 Å². The third-order valence-corrected chi connectivity index (χ3v) is 7.24. The van der Waals surface area contributed by atoms with E-state index in [1.807, 2.05) is 29.0 Å². The van der Waals surface area contributed by atoms with Crippen LogP contribution in [0.2, 0.25) is 0 Å². The lowest BCUT2D eigenvalue weighted by Gasteiger charge is -2.35. The van der Waals surface area contributed by atoms with Gasteiger partial charge in [-0.15, -0.1) is 0 Å². The summed E-state index contributed by atoms with van der Waals surface area (Å²) in [4.78, 5) is 22.4. The van der Waals surface area contributed by atoms with E-state index in [1.165, 1.54) is 6.20 Å². The normalized spacial score (nSPS) is 17.6. The third kappa shape index (κ3) is 4.17. The Balaban J connectivity index is 1.26. The first-order valence-corrected chi connectivity index (χ1v) is 12.3. The number of aromatic nitrogens is 5. The number of rotatable bonds is 6. The lowest BCUT2D eigenvalue weighted by molar-refractivity contribution is 0.189. The minimum Gasteiger partial charge on any atom is -0.395 e. The average Bonchev–Trinajstić information content (AvgIpc) is 3.52. The third-order valence-electron chi connectivity index (χ3n) is 7.24. The molecule has 182 valence electrons. The highest BCUT2D eigenvalue weighted by atomic mass is 19.1. The number of pyridine rings is 2. The Morgan fingerprint density at radius 3 is 2.54 bits per heavy atom. The fourth-order valence-corrected chi connectivity index (χ4v) is 5.44.